The second-order valence-corrected chi connectivity index (χ2v) is 4.51. The van der Waals surface area contributed by atoms with Crippen molar-refractivity contribution >= 4 is 22.5 Å². The van der Waals surface area contributed by atoms with Crippen molar-refractivity contribution in [3.05, 3.63) is 46.8 Å². The molecule has 0 aliphatic carbocycles. The molecule has 1 aromatic carbocycles. The van der Waals surface area contributed by atoms with Crippen LogP contribution in [0, 0.1) is 0 Å². The lowest BCUT2D eigenvalue weighted by Crippen LogP contribution is -2.19. The van der Waals surface area contributed by atoms with Gasteiger partial charge in [-0.15, -0.1) is 11.6 Å². The van der Waals surface area contributed by atoms with Crippen LogP contribution in [0.3, 0.4) is 0 Å². The third-order valence-electron chi connectivity index (χ3n) is 2.91. The van der Waals surface area contributed by atoms with Crippen LogP contribution in [-0.2, 0) is 6.54 Å². The molecule has 0 unspecified atom stereocenters. The third kappa shape index (κ3) is 2.89. The molecule has 90 valence electrons. The van der Waals surface area contributed by atoms with E-state index in [1.165, 1.54) is 0 Å². The zero-order valence-electron chi connectivity index (χ0n) is 9.73. The fourth-order valence-electron chi connectivity index (χ4n) is 2.02. The van der Waals surface area contributed by atoms with Gasteiger partial charge in [-0.05, 0) is 30.4 Å². The van der Waals surface area contributed by atoms with Crippen molar-refractivity contribution < 1.29 is 0 Å². The van der Waals surface area contributed by atoms with Crippen molar-refractivity contribution in [1.29, 1.82) is 0 Å². The minimum Gasteiger partial charge on any atom is -0.308 e. The van der Waals surface area contributed by atoms with Gasteiger partial charge in [0.05, 0.1) is 5.52 Å². The van der Waals surface area contributed by atoms with Crippen LogP contribution in [-0.4, -0.2) is 10.4 Å². The van der Waals surface area contributed by atoms with E-state index in [9.17, 15) is 4.79 Å². The number of aromatic nitrogens is 1. The van der Waals surface area contributed by atoms with Gasteiger partial charge in [0.2, 0.25) is 0 Å². The number of aryl methyl sites for hydroxylation is 1. The number of alkyl halides is 1. The Hall–Kier alpha value is -1.28. The lowest BCUT2D eigenvalue weighted by atomic mass is 10.2. The minimum atomic E-state index is 0.0783. The molecular weight excluding hydrogens is 234 g/mol. The number of hydrogen-bond donors (Lipinski definition) is 0. The Balaban J connectivity index is 2.25. The summed E-state index contributed by atoms with van der Waals surface area (Å²) >= 11 is 5.64. The largest absolute Gasteiger partial charge is 0.308 e. The molecule has 2 nitrogen and oxygen atoms in total. The summed E-state index contributed by atoms with van der Waals surface area (Å²) in [6.07, 6.45) is 3.08. The molecule has 0 radical (unpaired) electrons. The summed E-state index contributed by atoms with van der Waals surface area (Å²) in [5.74, 6) is 0.699. The molecule has 1 aromatic heterocycles. The van der Waals surface area contributed by atoms with Crippen LogP contribution in [0.1, 0.15) is 19.3 Å². The molecular formula is C14H16ClNO. The number of halogens is 1. The highest BCUT2D eigenvalue weighted by Gasteiger charge is 2.01. The van der Waals surface area contributed by atoms with Crippen LogP contribution in [0.25, 0.3) is 10.9 Å². The third-order valence-corrected chi connectivity index (χ3v) is 3.18. The number of para-hydroxylation sites is 1. The smallest absolute Gasteiger partial charge is 0.251 e. The van der Waals surface area contributed by atoms with Gasteiger partial charge < -0.3 is 4.57 Å². The molecule has 0 N–H and O–H groups in total. The first-order valence-corrected chi connectivity index (χ1v) is 6.51. The summed E-state index contributed by atoms with van der Waals surface area (Å²) in [5, 5.41) is 1.12. The molecule has 0 atom stereocenters. The Morgan fingerprint density at radius 3 is 2.65 bits per heavy atom. The van der Waals surface area contributed by atoms with Crippen LogP contribution < -0.4 is 5.56 Å². The van der Waals surface area contributed by atoms with Gasteiger partial charge in [-0.1, -0.05) is 24.6 Å². The molecule has 2 aromatic rings. The fourth-order valence-corrected chi connectivity index (χ4v) is 2.20. The number of benzene rings is 1. The number of nitrogens with zero attached hydrogens (tertiary/aromatic N) is 1. The topological polar surface area (TPSA) is 22.0 Å². The van der Waals surface area contributed by atoms with Crippen LogP contribution in [0.2, 0.25) is 0 Å². The van der Waals surface area contributed by atoms with Crippen LogP contribution in [0.5, 0.6) is 0 Å². The van der Waals surface area contributed by atoms with E-state index in [1.54, 1.807) is 6.07 Å². The van der Waals surface area contributed by atoms with Crippen molar-refractivity contribution in [2.45, 2.75) is 25.8 Å². The van der Waals surface area contributed by atoms with E-state index in [2.05, 4.69) is 0 Å². The van der Waals surface area contributed by atoms with Gasteiger partial charge in [-0.3, -0.25) is 4.79 Å². The maximum atomic E-state index is 11.8. The first-order valence-electron chi connectivity index (χ1n) is 5.97. The summed E-state index contributed by atoms with van der Waals surface area (Å²) < 4.78 is 1.85. The van der Waals surface area contributed by atoms with Crippen molar-refractivity contribution in [3.63, 3.8) is 0 Å². The van der Waals surface area contributed by atoms with Gasteiger partial charge in [0.25, 0.3) is 5.56 Å². The van der Waals surface area contributed by atoms with Gasteiger partial charge in [0.15, 0.2) is 0 Å². The summed E-state index contributed by atoms with van der Waals surface area (Å²) in [6, 6.07) is 11.5. The summed E-state index contributed by atoms with van der Waals surface area (Å²) in [5.41, 5.74) is 1.10. The maximum absolute atomic E-state index is 11.8. The van der Waals surface area contributed by atoms with Crippen LogP contribution in [0.4, 0.5) is 0 Å². The molecule has 0 saturated heterocycles. The van der Waals surface area contributed by atoms with Crippen LogP contribution >= 0.6 is 11.6 Å². The van der Waals surface area contributed by atoms with E-state index >= 15 is 0 Å². The Bertz CT molecular complexity index is 547. The first kappa shape index (κ1) is 12.2. The number of fused-ring (bicyclic) bond motifs is 1. The maximum Gasteiger partial charge on any atom is 0.251 e. The number of rotatable bonds is 5. The number of pyridine rings is 1. The summed E-state index contributed by atoms with van der Waals surface area (Å²) in [4.78, 5) is 11.8. The standard InChI is InChI=1S/C14H16ClNO/c15-10-4-1-5-11-16-13-7-3-2-6-12(13)8-9-14(16)17/h2-3,6-9H,1,4-5,10-11H2. The van der Waals surface area contributed by atoms with Gasteiger partial charge >= 0.3 is 0 Å². The lowest BCUT2D eigenvalue weighted by Gasteiger charge is -2.09. The summed E-state index contributed by atoms with van der Waals surface area (Å²) in [6.45, 7) is 0.775. The Kier molecular flexibility index (Phi) is 4.21. The molecule has 0 spiro atoms. The van der Waals surface area contributed by atoms with E-state index in [-0.39, 0.29) is 5.56 Å². The highest BCUT2D eigenvalue weighted by molar-refractivity contribution is 6.17. The Morgan fingerprint density at radius 1 is 1.00 bits per heavy atom. The Morgan fingerprint density at radius 2 is 1.82 bits per heavy atom. The molecule has 0 aliphatic rings. The molecule has 0 bridgehead atoms. The molecule has 1 heterocycles. The average Bonchev–Trinajstić information content (AvgIpc) is 2.37. The van der Waals surface area contributed by atoms with Crippen molar-refractivity contribution in [3.8, 4) is 0 Å². The SMILES string of the molecule is O=c1ccc2ccccc2n1CCCCCCl. The van der Waals surface area contributed by atoms with E-state index in [0.717, 1.165) is 36.7 Å². The highest BCUT2D eigenvalue weighted by atomic mass is 35.5. The first-order chi connectivity index (χ1) is 8.33. The van der Waals surface area contributed by atoms with E-state index in [0.29, 0.717) is 5.88 Å². The second kappa shape index (κ2) is 5.87. The lowest BCUT2D eigenvalue weighted by molar-refractivity contribution is 0.604. The Labute approximate surface area is 106 Å². The van der Waals surface area contributed by atoms with E-state index in [4.69, 9.17) is 11.6 Å². The van der Waals surface area contributed by atoms with Crippen molar-refractivity contribution in [1.82, 2.24) is 4.57 Å². The van der Waals surface area contributed by atoms with E-state index < -0.39 is 0 Å². The van der Waals surface area contributed by atoms with Gasteiger partial charge in [0.1, 0.15) is 0 Å². The van der Waals surface area contributed by atoms with Gasteiger partial charge in [-0.2, -0.15) is 0 Å². The van der Waals surface area contributed by atoms with Crippen molar-refractivity contribution in [2.24, 2.45) is 0 Å². The highest BCUT2D eigenvalue weighted by Crippen LogP contribution is 2.12. The normalized spacial score (nSPS) is 10.9. The van der Waals surface area contributed by atoms with Gasteiger partial charge in [0, 0.05) is 18.5 Å². The van der Waals surface area contributed by atoms with Crippen LogP contribution in [0.15, 0.2) is 41.2 Å². The molecule has 17 heavy (non-hydrogen) atoms. The molecule has 0 aliphatic heterocycles. The summed E-state index contributed by atoms with van der Waals surface area (Å²) in [7, 11) is 0. The quantitative estimate of drug-likeness (QED) is 0.588. The molecule has 2 rings (SSSR count). The predicted molar refractivity (Wildman–Crippen MR) is 72.8 cm³/mol. The second-order valence-electron chi connectivity index (χ2n) is 4.13. The predicted octanol–water partition coefficient (Wildman–Crippen LogP) is 3.41. The number of unbranched alkanes of at least 4 members (excludes halogenated alkanes) is 2. The monoisotopic (exact) mass is 249 g/mol. The molecule has 0 saturated carbocycles. The molecule has 0 amide bonds. The van der Waals surface area contributed by atoms with Gasteiger partial charge in [-0.25, -0.2) is 0 Å². The fraction of sp³-hybridized carbons (Fsp3) is 0.357. The molecule has 3 heteroatoms. The number of hydrogen-bond acceptors (Lipinski definition) is 1. The minimum absolute atomic E-state index is 0.0783. The zero-order chi connectivity index (χ0) is 12.1. The zero-order valence-corrected chi connectivity index (χ0v) is 10.5. The van der Waals surface area contributed by atoms with E-state index in [1.807, 2.05) is 34.9 Å². The molecule has 0 fully saturated rings. The van der Waals surface area contributed by atoms with Crippen molar-refractivity contribution in [2.75, 3.05) is 5.88 Å². The average molecular weight is 250 g/mol.